The van der Waals surface area contributed by atoms with E-state index in [1.807, 2.05) is 58.0 Å². The highest BCUT2D eigenvalue weighted by Crippen LogP contribution is 2.66. The maximum atomic E-state index is 14.4. The van der Waals surface area contributed by atoms with Gasteiger partial charge in [-0.2, -0.15) is 0 Å². The van der Waals surface area contributed by atoms with Crippen LogP contribution >= 0.6 is 0 Å². The van der Waals surface area contributed by atoms with Gasteiger partial charge in [0.1, 0.15) is 11.4 Å². The summed E-state index contributed by atoms with van der Waals surface area (Å²) in [6.45, 7) is 8.67. The molecule has 2 saturated carbocycles. The van der Waals surface area contributed by atoms with Crippen LogP contribution in [0.2, 0.25) is 0 Å². The van der Waals surface area contributed by atoms with Gasteiger partial charge in [-0.05, 0) is 94.5 Å². The zero-order chi connectivity index (χ0) is 31.9. The van der Waals surface area contributed by atoms with Crippen molar-refractivity contribution >= 4 is 22.8 Å². The zero-order valence-electron chi connectivity index (χ0n) is 27.8. The van der Waals surface area contributed by atoms with E-state index in [0.717, 1.165) is 37.1 Å². The van der Waals surface area contributed by atoms with E-state index in [1.54, 1.807) is 7.11 Å². The number of likely N-dealkylation sites (N-methyl/N-ethyl adjacent to an activating group) is 2. The average molecular weight is 616 g/mol. The fourth-order valence-corrected chi connectivity index (χ4v) is 7.70. The summed E-state index contributed by atoms with van der Waals surface area (Å²) in [6, 6.07) is 12.4. The van der Waals surface area contributed by atoms with Gasteiger partial charge in [-0.15, -0.1) is 0 Å². The molecule has 2 unspecified atom stereocenters. The van der Waals surface area contributed by atoms with Gasteiger partial charge in [0.15, 0.2) is 0 Å². The topological polar surface area (TPSA) is 82.0 Å². The van der Waals surface area contributed by atoms with Crippen LogP contribution in [-0.2, 0) is 20.8 Å². The number of nitrogens with one attached hydrogen (secondary N) is 1. The highest BCUT2D eigenvalue weighted by molar-refractivity contribution is 6.00. The van der Waals surface area contributed by atoms with Crippen molar-refractivity contribution in [2.75, 3.05) is 47.5 Å². The van der Waals surface area contributed by atoms with E-state index in [0.29, 0.717) is 37.8 Å². The molecule has 0 radical (unpaired) electrons. The summed E-state index contributed by atoms with van der Waals surface area (Å²) >= 11 is 0. The molecule has 1 aromatic heterocycles. The summed E-state index contributed by atoms with van der Waals surface area (Å²) in [6.07, 6.45) is 6.78. The molecule has 0 spiro atoms. The maximum absolute atomic E-state index is 14.4. The van der Waals surface area contributed by atoms with E-state index in [9.17, 15) is 9.59 Å². The average Bonchev–Trinajstić information content (AvgIpc) is 3.69. The fourth-order valence-electron chi connectivity index (χ4n) is 7.70. The van der Waals surface area contributed by atoms with Crippen LogP contribution in [0.1, 0.15) is 92.6 Å². The van der Waals surface area contributed by atoms with E-state index in [4.69, 9.17) is 14.2 Å². The Morgan fingerprint density at radius 2 is 1.84 bits per heavy atom. The molecule has 3 aromatic rings. The predicted octanol–water partition coefficient (Wildman–Crippen LogP) is 6.50. The van der Waals surface area contributed by atoms with Crippen molar-refractivity contribution in [3.8, 4) is 17.0 Å². The monoisotopic (exact) mass is 615 g/mol. The lowest BCUT2D eigenvalue weighted by Crippen LogP contribution is -2.39. The Balaban J connectivity index is 1.49. The lowest BCUT2D eigenvalue weighted by Gasteiger charge is -2.25. The maximum Gasteiger partial charge on any atom is 0.338 e. The first-order valence-electron chi connectivity index (χ1n) is 16.6. The van der Waals surface area contributed by atoms with Crippen molar-refractivity contribution in [1.29, 1.82) is 0 Å². The summed E-state index contributed by atoms with van der Waals surface area (Å²) in [7, 11) is 5.50. The molecule has 242 valence electrons. The molecule has 0 saturated heterocycles. The Labute approximate surface area is 267 Å². The van der Waals surface area contributed by atoms with Crippen LogP contribution in [0.3, 0.4) is 0 Å². The lowest BCUT2D eigenvalue weighted by atomic mass is 9.81. The molecule has 2 fully saturated rings. The number of aromatic nitrogens is 1. The van der Waals surface area contributed by atoms with Crippen molar-refractivity contribution in [1.82, 2.24) is 14.8 Å². The van der Waals surface area contributed by atoms with Crippen LogP contribution in [0.25, 0.3) is 22.2 Å². The quantitative estimate of drug-likeness (QED) is 0.207. The summed E-state index contributed by atoms with van der Waals surface area (Å²) in [5, 5.41) is 4.27. The second-order valence-corrected chi connectivity index (χ2v) is 14.2. The highest BCUT2D eigenvalue weighted by atomic mass is 16.6. The van der Waals surface area contributed by atoms with Crippen LogP contribution in [-0.4, -0.2) is 74.5 Å². The second kappa shape index (κ2) is 12.4. The molecule has 8 heteroatoms. The van der Waals surface area contributed by atoms with E-state index in [1.165, 1.54) is 47.0 Å². The van der Waals surface area contributed by atoms with Gasteiger partial charge in [0.25, 0.3) is 0 Å². The molecule has 0 bridgehead atoms. The molecule has 8 nitrogen and oxygen atoms in total. The molecule has 2 atom stereocenters. The first-order valence-corrected chi connectivity index (χ1v) is 16.6. The molecular formula is C37H49N3O5. The minimum Gasteiger partial charge on any atom is -0.497 e. The number of hydrogen-bond acceptors (Lipinski definition) is 6. The Hall–Kier alpha value is -3.36. The number of amides is 1. The molecule has 2 heterocycles. The normalized spacial score (nSPS) is 21.0. The largest absolute Gasteiger partial charge is 0.497 e. The molecule has 1 N–H and O–H groups in total. The zero-order valence-corrected chi connectivity index (χ0v) is 27.8. The number of esters is 1. The third-order valence-electron chi connectivity index (χ3n) is 10.00. The summed E-state index contributed by atoms with van der Waals surface area (Å²) in [5.74, 6) is 1.15. The highest BCUT2D eigenvalue weighted by Gasteiger charge is 2.63. The van der Waals surface area contributed by atoms with E-state index >= 15 is 0 Å². The van der Waals surface area contributed by atoms with E-state index in [-0.39, 0.29) is 17.8 Å². The van der Waals surface area contributed by atoms with Crippen molar-refractivity contribution in [2.45, 2.75) is 83.3 Å². The van der Waals surface area contributed by atoms with Crippen LogP contribution in [0.5, 0.6) is 5.75 Å². The predicted molar refractivity (Wildman–Crippen MR) is 177 cm³/mol. The first kappa shape index (κ1) is 31.6. The van der Waals surface area contributed by atoms with Crippen LogP contribution < -0.4 is 10.1 Å². The van der Waals surface area contributed by atoms with Crippen LogP contribution in [0.4, 0.5) is 0 Å². The van der Waals surface area contributed by atoms with Gasteiger partial charge in [0, 0.05) is 49.1 Å². The Bertz CT molecular complexity index is 1580. The van der Waals surface area contributed by atoms with Crippen molar-refractivity contribution in [3.05, 3.63) is 53.1 Å². The van der Waals surface area contributed by atoms with E-state index in [2.05, 4.69) is 28.1 Å². The Morgan fingerprint density at radius 1 is 1.07 bits per heavy atom. The number of hydrogen-bond donors (Lipinski definition) is 1. The number of benzene rings is 2. The second-order valence-electron chi connectivity index (χ2n) is 14.2. The Kier molecular flexibility index (Phi) is 8.74. The number of carbonyl (C=O) groups excluding carboxylic acids is 2. The van der Waals surface area contributed by atoms with Crippen molar-refractivity contribution in [2.24, 2.45) is 5.41 Å². The van der Waals surface area contributed by atoms with E-state index < -0.39 is 11.0 Å². The molecule has 1 amide bonds. The van der Waals surface area contributed by atoms with Gasteiger partial charge < -0.3 is 29.0 Å². The molecule has 45 heavy (non-hydrogen) atoms. The summed E-state index contributed by atoms with van der Waals surface area (Å²) in [5.41, 5.74) is 5.31. The fraction of sp³-hybridized carbons (Fsp3) is 0.568. The molecule has 6 rings (SSSR count). The molecule has 3 aliphatic rings. The number of nitrogens with zero attached hydrogens (tertiary/aromatic N) is 2. The smallest absolute Gasteiger partial charge is 0.338 e. The molecule has 1 aliphatic heterocycles. The number of rotatable bonds is 10. The van der Waals surface area contributed by atoms with Gasteiger partial charge in [-0.3, -0.25) is 4.79 Å². The minimum absolute atomic E-state index is 0.0888. The minimum atomic E-state index is -0.591. The number of ether oxygens (including phenoxy) is 3. The molecular weight excluding hydrogens is 566 g/mol. The number of carbonyl (C=O) groups is 2. The summed E-state index contributed by atoms with van der Waals surface area (Å²) < 4.78 is 19.7. The van der Waals surface area contributed by atoms with Gasteiger partial charge in [0.05, 0.1) is 37.0 Å². The van der Waals surface area contributed by atoms with Crippen molar-refractivity contribution < 1.29 is 23.8 Å². The molecule has 2 aromatic carbocycles. The third-order valence-corrected chi connectivity index (χ3v) is 10.00. The molecule has 2 aliphatic carbocycles. The third kappa shape index (κ3) is 5.99. The SMILES string of the molecule is CNCCOCCN(C)C(=O)C12CC1c1cc(OC)ccc1-c1c(C3CCCCC3)c3ccc(C(=O)OC(C)(C)C)cc3n1C2. The lowest BCUT2D eigenvalue weighted by molar-refractivity contribution is -0.137. The number of fused-ring (bicyclic) bond motifs is 7. The van der Waals surface area contributed by atoms with Crippen molar-refractivity contribution in [3.63, 3.8) is 0 Å². The standard InChI is InChI=1S/C37H49N3O5/c1-36(2,3)45-34(41)25-12-14-28-31(20-25)40-23-37(35(42)39(5)17-19-44-18-16-38-4)22-30(37)29-21-26(43-6)13-15-27(29)33(40)32(28)24-10-8-7-9-11-24/h12-15,20-21,24,30,38H,7-11,16-19,22-23H2,1-6H3. The van der Waals surface area contributed by atoms with Crippen LogP contribution in [0, 0.1) is 5.41 Å². The van der Waals surface area contributed by atoms with Gasteiger partial charge in [-0.1, -0.05) is 25.3 Å². The van der Waals surface area contributed by atoms with Gasteiger partial charge >= 0.3 is 5.97 Å². The first-order chi connectivity index (χ1) is 21.6. The van der Waals surface area contributed by atoms with Gasteiger partial charge in [-0.25, -0.2) is 4.79 Å². The van der Waals surface area contributed by atoms with Crippen LogP contribution in [0.15, 0.2) is 36.4 Å². The summed E-state index contributed by atoms with van der Waals surface area (Å²) in [4.78, 5) is 29.6. The number of methoxy groups -OCH3 is 1. The van der Waals surface area contributed by atoms with Gasteiger partial charge in [0.2, 0.25) is 5.91 Å². The Morgan fingerprint density at radius 3 is 2.56 bits per heavy atom.